The Hall–Kier alpha value is -2.11. The fourth-order valence-electron chi connectivity index (χ4n) is 6.56. The molecule has 28 heavy (non-hydrogen) atoms. The molecule has 0 radical (unpaired) electrons. The third-order valence-corrected chi connectivity index (χ3v) is 7.46. The molecular formula is C22H29N3O3. The van der Waals surface area contributed by atoms with Gasteiger partial charge in [0.05, 0.1) is 6.61 Å². The maximum atomic E-state index is 12.7. The summed E-state index contributed by atoms with van der Waals surface area (Å²) in [6, 6.07) is 5.79. The van der Waals surface area contributed by atoms with E-state index in [1.54, 1.807) is 6.07 Å². The molecule has 3 bridgehead atoms. The Bertz CT molecular complexity index is 793. The molecule has 3 saturated carbocycles. The van der Waals surface area contributed by atoms with Crippen LogP contribution in [0.4, 0.5) is 4.79 Å². The van der Waals surface area contributed by atoms with Crippen LogP contribution in [0.5, 0.6) is 0 Å². The molecule has 4 fully saturated rings. The van der Waals surface area contributed by atoms with Crippen molar-refractivity contribution in [2.24, 2.45) is 17.8 Å². The summed E-state index contributed by atoms with van der Waals surface area (Å²) in [5.74, 6) is 1.76. The number of nitrogens with one attached hydrogen (secondary N) is 1. The molecule has 2 heterocycles. The van der Waals surface area contributed by atoms with E-state index in [-0.39, 0.29) is 23.6 Å². The number of carbonyl (C=O) groups is 2. The number of ether oxygens (including phenoxy) is 1. The number of hydrogen-bond acceptors (Lipinski definition) is 4. The van der Waals surface area contributed by atoms with Crippen molar-refractivity contribution in [2.45, 2.75) is 63.5 Å². The second-order valence-corrected chi connectivity index (χ2v) is 9.38. The van der Waals surface area contributed by atoms with Gasteiger partial charge < -0.3 is 15.0 Å². The number of aromatic nitrogens is 1. The first-order valence-electron chi connectivity index (χ1n) is 10.7. The average molecular weight is 383 g/mol. The van der Waals surface area contributed by atoms with E-state index in [1.807, 2.05) is 19.1 Å². The van der Waals surface area contributed by atoms with Gasteiger partial charge in [0.1, 0.15) is 5.69 Å². The van der Waals surface area contributed by atoms with E-state index in [0.29, 0.717) is 30.1 Å². The van der Waals surface area contributed by atoms with Crippen molar-refractivity contribution in [3.05, 3.63) is 29.6 Å². The monoisotopic (exact) mass is 383 g/mol. The quantitative estimate of drug-likeness (QED) is 0.869. The molecule has 5 rings (SSSR count). The van der Waals surface area contributed by atoms with E-state index >= 15 is 0 Å². The van der Waals surface area contributed by atoms with Crippen LogP contribution in [-0.2, 0) is 4.74 Å². The van der Waals surface area contributed by atoms with E-state index in [0.717, 1.165) is 50.8 Å². The Morgan fingerprint density at radius 3 is 2.82 bits per heavy atom. The van der Waals surface area contributed by atoms with Crippen LogP contribution < -0.4 is 5.32 Å². The normalized spacial score (nSPS) is 36.8. The summed E-state index contributed by atoms with van der Waals surface area (Å²) in [7, 11) is 0. The van der Waals surface area contributed by atoms with Gasteiger partial charge in [-0.1, -0.05) is 6.07 Å². The first-order valence-corrected chi connectivity index (χ1v) is 10.7. The fraction of sp³-hybridized carbons (Fsp3) is 0.682. The molecule has 1 N–H and O–H groups in total. The Kier molecular flexibility index (Phi) is 4.33. The highest BCUT2D eigenvalue weighted by atomic mass is 16.6. The van der Waals surface area contributed by atoms with Crippen molar-refractivity contribution in [3.8, 4) is 0 Å². The Balaban J connectivity index is 1.31. The SMILES string of the molecule is Cc1cccc(C(=O)NC2CC3CC4CC(N5CCCOC5=O)(C3)CC4C2)n1. The van der Waals surface area contributed by atoms with Gasteiger partial charge >= 0.3 is 6.09 Å². The van der Waals surface area contributed by atoms with Crippen LogP contribution in [0.1, 0.15) is 61.1 Å². The third-order valence-electron chi connectivity index (χ3n) is 7.46. The van der Waals surface area contributed by atoms with Crippen molar-refractivity contribution in [1.29, 1.82) is 0 Å². The van der Waals surface area contributed by atoms with Gasteiger partial charge in [-0.05, 0) is 81.8 Å². The second-order valence-electron chi connectivity index (χ2n) is 9.38. The summed E-state index contributed by atoms with van der Waals surface area (Å²) in [4.78, 5) is 31.6. The van der Waals surface area contributed by atoms with Crippen molar-refractivity contribution in [2.75, 3.05) is 13.2 Å². The van der Waals surface area contributed by atoms with E-state index in [2.05, 4.69) is 15.2 Å². The predicted molar refractivity (Wildman–Crippen MR) is 104 cm³/mol. The van der Waals surface area contributed by atoms with Crippen LogP contribution >= 0.6 is 0 Å². The molecule has 5 atom stereocenters. The van der Waals surface area contributed by atoms with Gasteiger partial charge in [0.2, 0.25) is 0 Å². The largest absolute Gasteiger partial charge is 0.449 e. The molecule has 2 amide bonds. The molecule has 6 nitrogen and oxygen atoms in total. The van der Waals surface area contributed by atoms with Crippen LogP contribution in [0, 0.1) is 24.7 Å². The smallest absolute Gasteiger partial charge is 0.410 e. The zero-order valence-electron chi connectivity index (χ0n) is 16.5. The molecule has 1 aromatic rings. The molecule has 3 aliphatic carbocycles. The molecule has 1 aliphatic heterocycles. The zero-order chi connectivity index (χ0) is 19.3. The minimum atomic E-state index is -0.109. The van der Waals surface area contributed by atoms with Crippen LogP contribution in [-0.4, -0.2) is 46.6 Å². The molecule has 6 heteroatoms. The van der Waals surface area contributed by atoms with Gasteiger partial charge in [0, 0.05) is 23.8 Å². The van der Waals surface area contributed by atoms with E-state index in [1.165, 1.54) is 6.42 Å². The number of carbonyl (C=O) groups excluding carboxylic acids is 2. The number of fused-ring (bicyclic) bond motifs is 2. The van der Waals surface area contributed by atoms with Gasteiger partial charge in [0.25, 0.3) is 5.91 Å². The van der Waals surface area contributed by atoms with Crippen LogP contribution in [0.25, 0.3) is 0 Å². The zero-order valence-corrected chi connectivity index (χ0v) is 16.5. The minimum absolute atomic E-state index is 0.00281. The molecule has 150 valence electrons. The average Bonchev–Trinajstić information content (AvgIpc) is 2.85. The maximum Gasteiger partial charge on any atom is 0.410 e. The summed E-state index contributed by atoms with van der Waals surface area (Å²) < 4.78 is 5.37. The van der Waals surface area contributed by atoms with E-state index in [4.69, 9.17) is 4.74 Å². The van der Waals surface area contributed by atoms with Crippen molar-refractivity contribution in [1.82, 2.24) is 15.2 Å². The predicted octanol–water partition coefficient (Wildman–Crippen LogP) is 3.30. The fourth-order valence-corrected chi connectivity index (χ4v) is 6.56. The number of aryl methyl sites for hydroxylation is 1. The van der Waals surface area contributed by atoms with Gasteiger partial charge in [-0.3, -0.25) is 4.79 Å². The van der Waals surface area contributed by atoms with Gasteiger partial charge in [-0.15, -0.1) is 0 Å². The minimum Gasteiger partial charge on any atom is -0.449 e. The van der Waals surface area contributed by atoms with Crippen molar-refractivity contribution >= 4 is 12.0 Å². The van der Waals surface area contributed by atoms with Gasteiger partial charge in [-0.2, -0.15) is 0 Å². The lowest BCUT2D eigenvalue weighted by atomic mass is 9.73. The highest BCUT2D eigenvalue weighted by Gasteiger charge is 2.57. The van der Waals surface area contributed by atoms with E-state index in [9.17, 15) is 9.59 Å². The summed E-state index contributed by atoms with van der Waals surface area (Å²) in [5, 5.41) is 3.26. The van der Waals surface area contributed by atoms with Crippen LogP contribution in [0.15, 0.2) is 18.2 Å². The Morgan fingerprint density at radius 1 is 1.21 bits per heavy atom. The van der Waals surface area contributed by atoms with Gasteiger partial charge in [0.15, 0.2) is 0 Å². The molecule has 1 saturated heterocycles. The third kappa shape index (κ3) is 3.07. The summed E-state index contributed by atoms with van der Waals surface area (Å²) in [6.07, 6.45) is 7.34. The highest BCUT2D eigenvalue weighted by molar-refractivity contribution is 5.92. The number of amides is 2. The standard InChI is InChI=1S/C22H29N3O3/c1-14-4-2-5-19(23-14)20(26)24-18-9-15-8-16-12-22(11-15,13-17(16)10-18)25-6-3-7-28-21(25)27/h2,4-5,15-18H,3,6-13H2,1H3,(H,24,26). The second kappa shape index (κ2) is 6.75. The molecule has 4 aliphatic rings. The van der Waals surface area contributed by atoms with Crippen molar-refractivity contribution in [3.63, 3.8) is 0 Å². The van der Waals surface area contributed by atoms with E-state index < -0.39 is 0 Å². The summed E-state index contributed by atoms with van der Waals surface area (Å²) in [6.45, 7) is 3.30. The number of nitrogens with zero attached hydrogens (tertiary/aromatic N) is 2. The van der Waals surface area contributed by atoms with Crippen LogP contribution in [0.3, 0.4) is 0 Å². The molecule has 0 spiro atoms. The lowest BCUT2D eigenvalue weighted by Gasteiger charge is -2.47. The van der Waals surface area contributed by atoms with Crippen molar-refractivity contribution < 1.29 is 14.3 Å². The lowest BCUT2D eigenvalue weighted by molar-refractivity contribution is -0.00268. The maximum absolute atomic E-state index is 12.7. The molecule has 0 aromatic carbocycles. The number of cyclic esters (lactones) is 1. The summed E-state index contributed by atoms with van der Waals surface area (Å²) in [5.41, 5.74) is 1.37. The number of hydrogen-bond donors (Lipinski definition) is 1. The number of rotatable bonds is 3. The number of pyridine rings is 1. The molecule has 1 aromatic heterocycles. The Labute approximate surface area is 166 Å². The van der Waals surface area contributed by atoms with Crippen LogP contribution in [0.2, 0.25) is 0 Å². The molecule has 5 unspecified atom stereocenters. The summed E-state index contributed by atoms with van der Waals surface area (Å²) >= 11 is 0. The highest BCUT2D eigenvalue weighted by Crippen LogP contribution is 2.58. The first kappa shape index (κ1) is 18.0. The first-order chi connectivity index (χ1) is 13.5. The Morgan fingerprint density at radius 2 is 2.04 bits per heavy atom. The topological polar surface area (TPSA) is 71.5 Å². The lowest BCUT2D eigenvalue weighted by Crippen LogP contribution is -2.55. The van der Waals surface area contributed by atoms with Gasteiger partial charge in [-0.25, -0.2) is 9.78 Å². The molecular weight excluding hydrogens is 354 g/mol.